The van der Waals surface area contributed by atoms with Crippen LogP contribution < -0.4 is 0 Å². The topological polar surface area (TPSA) is 24.8 Å². The summed E-state index contributed by atoms with van der Waals surface area (Å²) in [7, 11) is 0. The maximum Gasteiger partial charge on any atom is 0.129 e. The highest BCUT2D eigenvalue weighted by Crippen LogP contribution is 2.73. The molecule has 0 N–H and O–H groups in total. The SMILES string of the molecule is CCN(CC)CCO/N=C(\c1ccccc1)C1C2CC3C(C2)C31. The molecular weight excluding hydrogens is 284 g/mol. The fourth-order valence-electron chi connectivity index (χ4n) is 5.22. The molecule has 4 aliphatic carbocycles. The van der Waals surface area contributed by atoms with Crippen molar-refractivity contribution in [2.24, 2.45) is 34.7 Å². The average molecular weight is 312 g/mol. The van der Waals surface area contributed by atoms with E-state index in [1.807, 2.05) is 0 Å². The molecule has 1 aromatic rings. The number of nitrogens with zero attached hydrogens (tertiary/aromatic N) is 2. The molecule has 4 saturated carbocycles. The van der Waals surface area contributed by atoms with Crippen molar-refractivity contribution in [2.45, 2.75) is 26.7 Å². The molecule has 3 atom stereocenters. The summed E-state index contributed by atoms with van der Waals surface area (Å²) in [5.74, 6) is 4.44. The minimum Gasteiger partial charge on any atom is -0.394 e. The average Bonchev–Trinajstić information content (AvgIpc) is 2.97. The second-order valence-corrected chi connectivity index (χ2v) is 7.36. The van der Waals surface area contributed by atoms with Crippen LogP contribution in [0, 0.1) is 29.6 Å². The van der Waals surface area contributed by atoms with Gasteiger partial charge < -0.3 is 9.74 Å². The molecule has 3 nitrogen and oxygen atoms in total. The van der Waals surface area contributed by atoms with Gasteiger partial charge in [-0.15, -0.1) is 0 Å². The fourth-order valence-corrected chi connectivity index (χ4v) is 5.22. The zero-order valence-corrected chi connectivity index (χ0v) is 14.3. The van der Waals surface area contributed by atoms with Gasteiger partial charge in [-0.25, -0.2) is 0 Å². The zero-order valence-electron chi connectivity index (χ0n) is 14.3. The summed E-state index contributed by atoms with van der Waals surface area (Å²) in [4.78, 5) is 8.15. The molecule has 3 unspecified atom stereocenters. The Morgan fingerprint density at radius 2 is 1.83 bits per heavy atom. The van der Waals surface area contributed by atoms with Gasteiger partial charge in [-0.3, -0.25) is 0 Å². The Morgan fingerprint density at radius 1 is 1.13 bits per heavy atom. The summed E-state index contributed by atoms with van der Waals surface area (Å²) in [6.07, 6.45) is 2.87. The third-order valence-corrected chi connectivity index (χ3v) is 6.41. The quantitative estimate of drug-likeness (QED) is 0.416. The van der Waals surface area contributed by atoms with Gasteiger partial charge in [0.05, 0.1) is 5.71 Å². The lowest BCUT2D eigenvalue weighted by Gasteiger charge is -2.19. The molecule has 0 radical (unpaired) electrons. The third-order valence-electron chi connectivity index (χ3n) is 6.41. The van der Waals surface area contributed by atoms with Crippen molar-refractivity contribution in [3.63, 3.8) is 0 Å². The first-order valence-corrected chi connectivity index (χ1v) is 9.31. The van der Waals surface area contributed by atoms with Gasteiger partial charge in [0.15, 0.2) is 0 Å². The van der Waals surface area contributed by atoms with Crippen LogP contribution in [0.25, 0.3) is 0 Å². The number of benzene rings is 1. The first-order chi connectivity index (χ1) is 11.3. The lowest BCUT2D eigenvalue weighted by Crippen LogP contribution is -2.27. The van der Waals surface area contributed by atoms with E-state index in [1.54, 1.807) is 0 Å². The first-order valence-electron chi connectivity index (χ1n) is 9.31. The Hall–Kier alpha value is -1.35. The molecule has 0 heterocycles. The molecule has 0 amide bonds. The molecular formula is C20H28N2O. The predicted octanol–water partition coefficient (Wildman–Crippen LogP) is 3.65. The van der Waals surface area contributed by atoms with Crippen LogP contribution in [0.15, 0.2) is 35.5 Å². The molecule has 0 saturated heterocycles. The van der Waals surface area contributed by atoms with Gasteiger partial charge in [-0.05, 0) is 55.2 Å². The largest absolute Gasteiger partial charge is 0.394 e. The molecule has 1 aromatic carbocycles. The Labute approximate surface area is 139 Å². The van der Waals surface area contributed by atoms with Crippen molar-refractivity contribution in [1.82, 2.24) is 4.90 Å². The van der Waals surface area contributed by atoms with E-state index in [0.29, 0.717) is 12.5 Å². The number of hydrogen-bond acceptors (Lipinski definition) is 3. The Kier molecular flexibility index (Phi) is 4.14. The van der Waals surface area contributed by atoms with Gasteiger partial charge in [-0.1, -0.05) is 49.3 Å². The molecule has 4 bridgehead atoms. The monoisotopic (exact) mass is 312 g/mol. The van der Waals surface area contributed by atoms with Gasteiger partial charge in [0.1, 0.15) is 6.61 Å². The molecule has 3 heteroatoms. The number of likely N-dealkylation sites (N-methyl/N-ethyl adjacent to an activating group) is 1. The minimum atomic E-state index is 0.654. The van der Waals surface area contributed by atoms with Crippen molar-refractivity contribution in [3.05, 3.63) is 35.9 Å². The Bertz CT molecular complexity index is 552. The smallest absolute Gasteiger partial charge is 0.129 e. The van der Waals surface area contributed by atoms with Crippen molar-refractivity contribution in [1.29, 1.82) is 0 Å². The summed E-state index contributed by atoms with van der Waals surface area (Å²) in [6, 6.07) is 10.7. The van der Waals surface area contributed by atoms with E-state index in [2.05, 4.69) is 54.2 Å². The Balaban J connectivity index is 1.46. The highest BCUT2D eigenvalue weighted by atomic mass is 16.6. The lowest BCUT2D eigenvalue weighted by atomic mass is 9.89. The molecule has 0 spiro atoms. The Morgan fingerprint density at radius 3 is 2.39 bits per heavy atom. The lowest BCUT2D eigenvalue weighted by molar-refractivity contribution is 0.113. The molecule has 5 rings (SSSR count). The molecule has 124 valence electrons. The summed E-state index contributed by atoms with van der Waals surface area (Å²) in [5, 5.41) is 4.66. The van der Waals surface area contributed by atoms with Crippen LogP contribution in [0.5, 0.6) is 0 Å². The maximum atomic E-state index is 5.78. The van der Waals surface area contributed by atoms with Crippen LogP contribution in [-0.4, -0.2) is 36.9 Å². The van der Waals surface area contributed by atoms with Gasteiger partial charge in [-0.2, -0.15) is 0 Å². The van der Waals surface area contributed by atoms with Crippen molar-refractivity contribution in [2.75, 3.05) is 26.2 Å². The predicted molar refractivity (Wildman–Crippen MR) is 93.4 cm³/mol. The maximum absolute atomic E-state index is 5.78. The van der Waals surface area contributed by atoms with E-state index in [-0.39, 0.29) is 0 Å². The van der Waals surface area contributed by atoms with Crippen LogP contribution in [0.1, 0.15) is 32.3 Å². The molecule has 4 fully saturated rings. The molecule has 23 heavy (non-hydrogen) atoms. The molecule has 0 aromatic heterocycles. The van der Waals surface area contributed by atoms with Crippen molar-refractivity contribution < 1.29 is 4.84 Å². The highest BCUT2D eigenvalue weighted by molar-refractivity contribution is 6.03. The van der Waals surface area contributed by atoms with Gasteiger partial charge in [0.2, 0.25) is 0 Å². The first kappa shape index (κ1) is 15.2. The standard InChI is InChI=1S/C20H28N2O/c1-3-22(4-2)10-11-23-21-20(14-8-6-5-7-9-14)18-15-12-16-17(13-15)19(16)18/h5-9,15-19H,3-4,10-13H2,1-2H3/b21-20+. The van der Waals surface area contributed by atoms with Crippen LogP contribution in [-0.2, 0) is 4.84 Å². The molecule has 0 aliphatic heterocycles. The van der Waals surface area contributed by atoms with E-state index < -0.39 is 0 Å². The number of hydrogen-bond donors (Lipinski definition) is 0. The van der Waals surface area contributed by atoms with E-state index in [9.17, 15) is 0 Å². The van der Waals surface area contributed by atoms with Crippen molar-refractivity contribution >= 4 is 5.71 Å². The second-order valence-electron chi connectivity index (χ2n) is 7.36. The van der Waals surface area contributed by atoms with Crippen LogP contribution in [0.3, 0.4) is 0 Å². The van der Waals surface area contributed by atoms with Crippen LogP contribution >= 0.6 is 0 Å². The summed E-state index contributed by atoms with van der Waals surface area (Å²) in [5.41, 5.74) is 2.49. The van der Waals surface area contributed by atoms with Gasteiger partial charge in [0, 0.05) is 12.5 Å². The highest BCUT2D eigenvalue weighted by Gasteiger charge is 2.69. The second kappa shape index (κ2) is 6.27. The van der Waals surface area contributed by atoms with E-state index in [4.69, 9.17) is 4.84 Å². The summed E-state index contributed by atoms with van der Waals surface area (Å²) >= 11 is 0. The zero-order chi connectivity index (χ0) is 15.8. The van der Waals surface area contributed by atoms with Gasteiger partial charge >= 0.3 is 0 Å². The van der Waals surface area contributed by atoms with Crippen LogP contribution in [0.4, 0.5) is 0 Å². The van der Waals surface area contributed by atoms with Crippen molar-refractivity contribution in [3.8, 4) is 0 Å². The number of rotatable bonds is 8. The van der Waals surface area contributed by atoms with Crippen LogP contribution in [0.2, 0.25) is 0 Å². The van der Waals surface area contributed by atoms with E-state index >= 15 is 0 Å². The molecule has 4 aliphatic rings. The number of oxime groups is 1. The summed E-state index contributed by atoms with van der Waals surface area (Å²) < 4.78 is 0. The van der Waals surface area contributed by atoms with E-state index in [1.165, 1.54) is 24.1 Å². The fraction of sp³-hybridized carbons (Fsp3) is 0.650. The minimum absolute atomic E-state index is 0.654. The third kappa shape index (κ3) is 2.69. The van der Waals surface area contributed by atoms with E-state index in [0.717, 1.165) is 43.3 Å². The van der Waals surface area contributed by atoms with Gasteiger partial charge in [0.25, 0.3) is 0 Å². The summed E-state index contributed by atoms with van der Waals surface area (Å²) in [6.45, 7) is 8.19. The normalized spacial score (nSPS) is 34.2.